The van der Waals surface area contributed by atoms with Crippen molar-refractivity contribution in [1.29, 1.82) is 0 Å². The summed E-state index contributed by atoms with van der Waals surface area (Å²) in [6, 6.07) is 7.92. The number of carbonyl (C=O) groups excluding carboxylic acids is 1. The topological polar surface area (TPSA) is 67.3 Å². The average molecular weight is 416 g/mol. The molecule has 2 aromatic carbocycles. The van der Waals surface area contributed by atoms with E-state index >= 15 is 0 Å². The lowest BCUT2D eigenvalue weighted by atomic mass is 10.1. The Labute approximate surface area is 166 Å². The van der Waals surface area contributed by atoms with Gasteiger partial charge in [0.05, 0.1) is 20.9 Å². The quantitative estimate of drug-likeness (QED) is 0.606. The van der Waals surface area contributed by atoms with Crippen LogP contribution in [0.4, 0.5) is 8.78 Å². The van der Waals surface area contributed by atoms with Crippen LogP contribution in [0, 0.1) is 11.6 Å². The minimum Gasteiger partial charge on any atom is -0.339 e. The third-order valence-corrected chi connectivity index (χ3v) is 6.92. The first-order valence-corrected chi connectivity index (χ1v) is 10.7. The molecule has 3 aromatic rings. The molecular weight excluding hydrogens is 398 g/mol. The minimum atomic E-state index is -4.23. The van der Waals surface area contributed by atoms with E-state index in [1.807, 2.05) is 0 Å². The average Bonchev–Trinajstić information content (AvgIpc) is 2.73. The summed E-state index contributed by atoms with van der Waals surface area (Å²) in [5, 5.41) is 0.0252. The molecule has 1 aliphatic heterocycles. The molecule has 1 amide bonds. The molecule has 0 N–H and O–H groups in total. The Kier molecular flexibility index (Phi) is 5.04. The number of aromatic nitrogens is 1. The maximum Gasteiger partial charge on any atom is 0.256 e. The van der Waals surface area contributed by atoms with E-state index in [1.54, 1.807) is 4.90 Å². The van der Waals surface area contributed by atoms with E-state index in [1.165, 1.54) is 18.3 Å². The largest absolute Gasteiger partial charge is 0.339 e. The lowest BCUT2D eigenvalue weighted by molar-refractivity contribution is 0.0720. The number of sulfone groups is 1. The van der Waals surface area contributed by atoms with Crippen LogP contribution in [0.5, 0.6) is 0 Å². The van der Waals surface area contributed by atoms with Crippen molar-refractivity contribution in [3.05, 3.63) is 65.9 Å². The highest BCUT2D eigenvalue weighted by molar-refractivity contribution is 7.91. The van der Waals surface area contributed by atoms with Gasteiger partial charge in [0.2, 0.25) is 9.84 Å². The molecule has 1 fully saturated rings. The van der Waals surface area contributed by atoms with Crippen LogP contribution in [0.1, 0.15) is 29.6 Å². The molecule has 0 aliphatic carbocycles. The number of rotatable bonds is 3. The zero-order chi connectivity index (χ0) is 20.6. The SMILES string of the molecule is O=C(c1cnc2ccc(F)cc2c1S(=O)(=O)c1ccc(F)cc1)N1CCCCC1. The molecular formula is C21H18F2N2O3S. The third kappa shape index (κ3) is 3.60. The zero-order valence-corrected chi connectivity index (χ0v) is 16.3. The summed E-state index contributed by atoms with van der Waals surface area (Å²) in [7, 11) is -4.23. The second-order valence-electron chi connectivity index (χ2n) is 6.97. The lowest BCUT2D eigenvalue weighted by Gasteiger charge is -2.27. The van der Waals surface area contributed by atoms with Crippen LogP contribution in [0.2, 0.25) is 0 Å². The van der Waals surface area contributed by atoms with Crippen molar-refractivity contribution in [3.63, 3.8) is 0 Å². The Bertz CT molecular complexity index is 1190. The predicted molar refractivity (Wildman–Crippen MR) is 103 cm³/mol. The van der Waals surface area contributed by atoms with Gasteiger partial charge < -0.3 is 4.90 Å². The number of nitrogens with zero attached hydrogens (tertiary/aromatic N) is 2. The molecule has 0 radical (unpaired) electrons. The first-order valence-electron chi connectivity index (χ1n) is 9.26. The predicted octanol–water partition coefficient (Wildman–Crippen LogP) is 3.97. The van der Waals surface area contributed by atoms with Crippen LogP contribution >= 0.6 is 0 Å². The number of likely N-dealkylation sites (tertiary alicyclic amines) is 1. The monoisotopic (exact) mass is 416 g/mol. The highest BCUT2D eigenvalue weighted by Crippen LogP contribution is 2.32. The van der Waals surface area contributed by atoms with Crippen LogP contribution < -0.4 is 0 Å². The fraction of sp³-hybridized carbons (Fsp3) is 0.238. The Morgan fingerprint density at radius 1 is 0.931 bits per heavy atom. The maximum absolute atomic E-state index is 14.0. The standard InChI is InChI=1S/C21H18F2N2O3S/c22-14-4-7-16(8-5-14)29(27,28)20-17-12-15(23)6-9-19(17)24-13-18(20)21(26)25-10-2-1-3-11-25/h4-9,12-13H,1-3,10-11H2. The van der Waals surface area contributed by atoms with Crippen LogP contribution in [0.15, 0.2) is 58.5 Å². The van der Waals surface area contributed by atoms with E-state index in [2.05, 4.69) is 4.98 Å². The van der Waals surface area contributed by atoms with E-state index in [-0.39, 0.29) is 26.3 Å². The third-order valence-electron chi connectivity index (χ3n) is 5.05. The van der Waals surface area contributed by atoms with Gasteiger partial charge in [-0.15, -0.1) is 0 Å². The molecule has 8 heteroatoms. The Morgan fingerprint density at radius 2 is 1.59 bits per heavy atom. The smallest absolute Gasteiger partial charge is 0.256 e. The number of pyridine rings is 1. The molecule has 1 aliphatic rings. The van der Waals surface area contributed by atoms with Crippen LogP contribution in [0.25, 0.3) is 10.9 Å². The zero-order valence-electron chi connectivity index (χ0n) is 15.4. The molecule has 150 valence electrons. The van der Waals surface area contributed by atoms with Crippen molar-refractivity contribution in [2.75, 3.05) is 13.1 Å². The Balaban J connectivity index is 1.97. The molecule has 4 rings (SSSR count). The number of benzene rings is 2. The van der Waals surface area contributed by atoms with E-state index in [9.17, 15) is 22.0 Å². The molecule has 0 atom stereocenters. The summed E-state index contributed by atoms with van der Waals surface area (Å²) < 4.78 is 54.2. The number of fused-ring (bicyclic) bond motifs is 1. The molecule has 1 aromatic heterocycles. The second-order valence-corrected chi connectivity index (χ2v) is 8.86. The summed E-state index contributed by atoms with van der Waals surface area (Å²) in [6.07, 6.45) is 3.90. The number of carbonyl (C=O) groups is 1. The highest BCUT2D eigenvalue weighted by Gasteiger charge is 2.30. The Morgan fingerprint density at radius 3 is 2.28 bits per heavy atom. The van der Waals surface area contributed by atoms with E-state index in [0.717, 1.165) is 49.6 Å². The van der Waals surface area contributed by atoms with Gasteiger partial charge in [-0.2, -0.15) is 0 Å². The molecule has 0 bridgehead atoms. The minimum absolute atomic E-state index is 0.0252. The van der Waals surface area contributed by atoms with E-state index in [0.29, 0.717) is 13.1 Å². The lowest BCUT2D eigenvalue weighted by Crippen LogP contribution is -2.36. The van der Waals surface area contributed by atoms with Gasteiger partial charge in [-0.25, -0.2) is 17.2 Å². The maximum atomic E-state index is 14.0. The van der Waals surface area contributed by atoms with Crippen LogP contribution in [0.3, 0.4) is 0 Å². The summed E-state index contributed by atoms with van der Waals surface area (Å²) >= 11 is 0. The van der Waals surface area contributed by atoms with Crippen molar-refractivity contribution in [2.24, 2.45) is 0 Å². The number of piperidine rings is 1. The van der Waals surface area contributed by atoms with Gasteiger partial charge >= 0.3 is 0 Å². The first-order chi connectivity index (χ1) is 13.9. The fourth-order valence-electron chi connectivity index (χ4n) is 3.58. The van der Waals surface area contributed by atoms with Crippen molar-refractivity contribution in [2.45, 2.75) is 29.1 Å². The van der Waals surface area contributed by atoms with Gasteiger partial charge in [-0.05, 0) is 61.7 Å². The number of hydrogen-bond donors (Lipinski definition) is 0. The molecule has 29 heavy (non-hydrogen) atoms. The second kappa shape index (κ2) is 7.51. The molecule has 5 nitrogen and oxygen atoms in total. The molecule has 0 spiro atoms. The normalized spacial score (nSPS) is 14.9. The van der Waals surface area contributed by atoms with Crippen molar-refractivity contribution in [1.82, 2.24) is 9.88 Å². The van der Waals surface area contributed by atoms with Gasteiger partial charge in [0.1, 0.15) is 11.6 Å². The molecule has 0 unspecified atom stereocenters. The highest BCUT2D eigenvalue weighted by atomic mass is 32.2. The van der Waals surface area contributed by atoms with Gasteiger partial charge in [0, 0.05) is 24.7 Å². The van der Waals surface area contributed by atoms with Crippen molar-refractivity contribution < 1.29 is 22.0 Å². The first kappa shape index (κ1) is 19.4. The number of halogens is 2. The van der Waals surface area contributed by atoms with Crippen molar-refractivity contribution >= 4 is 26.6 Å². The molecule has 1 saturated heterocycles. The summed E-state index contributed by atoms with van der Waals surface area (Å²) in [5.41, 5.74) is 0.150. The van der Waals surface area contributed by atoms with Crippen LogP contribution in [-0.4, -0.2) is 37.3 Å². The van der Waals surface area contributed by atoms with Gasteiger partial charge in [-0.3, -0.25) is 9.78 Å². The van der Waals surface area contributed by atoms with E-state index in [4.69, 9.17) is 0 Å². The van der Waals surface area contributed by atoms with E-state index < -0.39 is 27.4 Å². The van der Waals surface area contributed by atoms with Crippen LogP contribution in [-0.2, 0) is 9.84 Å². The van der Waals surface area contributed by atoms with Gasteiger partial charge in [0.25, 0.3) is 5.91 Å². The van der Waals surface area contributed by atoms with Gasteiger partial charge in [-0.1, -0.05) is 0 Å². The summed E-state index contributed by atoms with van der Waals surface area (Å²) in [4.78, 5) is 18.4. The van der Waals surface area contributed by atoms with Gasteiger partial charge in [0.15, 0.2) is 0 Å². The number of hydrogen-bond acceptors (Lipinski definition) is 4. The number of amides is 1. The van der Waals surface area contributed by atoms with Crippen molar-refractivity contribution in [3.8, 4) is 0 Å². The summed E-state index contributed by atoms with van der Waals surface area (Å²) in [5.74, 6) is -1.68. The molecule has 2 heterocycles. The molecule has 0 saturated carbocycles. The Hall–Kier alpha value is -2.87. The summed E-state index contributed by atoms with van der Waals surface area (Å²) in [6.45, 7) is 1.05. The fourth-order valence-corrected chi connectivity index (χ4v) is 5.19.